The average molecular weight is 391 g/mol. The number of carbonyl (C=O) groups is 1. The van der Waals surface area contributed by atoms with Crippen LogP contribution >= 0.6 is 11.3 Å². The summed E-state index contributed by atoms with van der Waals surface area (Å²) in [7, 11) is 1.31. The van der Waals surface area contributed by atoms with Crippen LogP contribution in [0.3, 0.4) is 0 Å². The van der Waals surface area contributed by atoms with Crippen molar-refractivity contribution in [3.63, 3.8) is 0 Å². The molecule has 8 heteroatoms. The highest BCUT2D eigenvalue weighted by Gasteiger charge is 2.12. The highest BCUT2D eigenvalue weighted by molar-refractivity contribution is 7.11. The summed E-state index contributed by atoms with van der Waals surface area (Å²) in [6.45, 7) is 0. The number of non-ortho nitro benzene ring substituents is 1. The van der Waals surface area contributed by atoms with Gasteiger partial charge in [0.15, 0.2) is 0 Å². The fourth-order valence-corrected chi connectivity index (χ4v) is 3.25. The summed E-state index contributed by atoms with van der Waals surface area (Å²) < 4.78 is 4.66. The molecular weight excluding hydrogens is 378 g/mol. The number of rotatable bonds is 5. The number of thiazole rings is 1. The number of methoxy groups -OCH3 is 1. The van der Waals surface area contributed by atoms with Gasteiger partial charge in [0, 0.05) is 23.1 Å². The van der Waals surface area contributed by atoms with E-state index in [0.29, 0.717) is 27.4 Å². The van der Waals surface area contributed by atoms with Crippen molar-refractivity contribution in [3.05, 3.63) is 80.2 Å². The van der Waals surface area contributed by atoms with Crippen molar-refractivity contribution in [3.8, 4) is 17.3 Å². The molecule has 2 aromatic carbocycles. The van der Waals surface area contributed by atoms with Gasteiger partial charge in [-0.15, -0.1) is 11.3 Å². The zero-order chi connectivity index (χ0) is 20.1. The molecule has 0 aliphatic carbocycles. The monoisotopic (exact) mass is 391 g/mol. The van der Waals surface area contributed by atoms with E-state index in [2.05, 4.69) is 15.8 Å². The largest absolute Gasteiger partial charge is 0.465 e. The molecule has 0 aliphatic rings. The molecule has 1 heterocycles. The Labute approximate surface area is 164 Å². The van der Waals surface area contributed by atoms with Gasteiger partial charge in [0.05, 0.1) is 28.9 Å². The molecule has 0 amide bonds. The van der Waals surface area contributed by atoms with Crippen LogP contribution in [0, 0.1) is 21.4 Å². The zero-order valence-corrected chi connectivity index (χ0v) is 15.5. The Kier molecular flexibility index (Phi) is 5.58. The molecule has 0 radical (unpaired) electrons. The number of nitriles is 1. The Morgan fingerprint density at radius 2 is 2.04 bits per heavy atom. The number of carbonyl (C=O) groups excluding carboxylic acids is 1. The van der Waals surface area contributed by atoms with Crippen LogP contribution in [-0.2, 0) is 4.74 Å². The molecular formula is C20H13N3O4S. The van der Waals surface area contributed by atoms with Gasteiger partial charge >= 0.3 is 5.97 Å². The van der Waals surface area contributed by atoms with Crippen LogP contribution in [0.2, 0.25) is 0 Å². The van der Waals surface area contributed by atoms with Gasteiger partial charge in [-0.25, -0.2) is 9.78 Å². The molecule has 28 heavy (non-hydrogen) atoms. The number of allylic oxidation sites excluding steroid dienone is 1. The molecule has 0 saturated heterocycles. The summed E-state index contributed by atoms with van der Waals surface area (Å²) in [5, 5.41) is 22.7. The van der Waals surface area contributed by atoms with Gasteiger partial charge in [-0.1, -0.05) is 24.3 Å². The van der Waals surface area contributed by atoms with Crippen molar-refractivity contribution in [2.24, 2.45) is 0 Å². The van der Waals surface area contributed by atoms with Crippen molar-refractivity contribution in [2.45, 2.75) is 0 Å². The Morgan fingerprint density at radius 1 is 1.29 bits per heavy atom. The minimum absolute atomic E-state index is 0.0196. The molecule has 0 atom stereocenters. The highest BCUT2D eigenvalue weighted by atomic mass is 32.1. The second-order valence-electron chi connectivity index (χ2n) is 5.63. The number of ether oxygens (including phenoxy) is 1. The van der Waals surface area contributed by atoms with Gasteiger partial charge in [0.1, 0.15) is 11.1 Å². The van der Waals surface area contributed by atoms with E-state index in [4.69, 9.17) is 0 Å². The van der Waals surface area contributed by atoms with E-state index in [1.165, 1.54) is 30.6 Å². The molecule has 3 aromatic rings. The summed E-state index contributed by atoms with van der Waals surface area (Å²) >= 11 is 1.28. The van der Waals surface area contributed by atoms with E-state index in [1.54, 1.807) is 47.9 Å². The number of hydrogen-bond acceptors (Lipinski definition) is 7. The standard InChI is InChI=1S/C20H13N3O4S/c1-27-20(24)14-7-5-13(6-8-14)9-16(11-21)19-22-18(12-28-19)15-3-2-4-17(10-15)23(25)26/h2-10,12H,1H3/b16-9+. The Bertz CT molecular complexity index is 1110. The van der Waals surface area contributed by atoms with E-state index in [-0.39, 0.29) is 5.69 Å². The molecule has 0 saturated carbocycles. The van der Waals surface area contributed by atoms with Crippen LogP contribution in [0.15, 0.2) is 53.9 Å². The maximum absolute atomic E-state index is 11.5. The van der Waals surface area contributed by atoms with Crippen LogP contribution < -0.4 is 0 Å². The van der Waals surface area contributed by atoms with E-state index >= 15 is 0 Å². The molecule has 7 nitrogen and oxygen atoms in total. The third kappa shape index (κ3) is 4.11. The molecule has 0 fully saturated rings. The third-order valence-electron chi connectivity index (χ3n) is 3.85. The minimum atomic E-state index is -0.463. The third-order valence-corrected chi connectivity index (χ3v) is 4.73. The lowest BCUT2D eigenvalue weighted by atomic mass is 10.1. The van der Waals surface area contributed by atoms with Gasteiger partial charge in [0.2, 0.25) is 0 Å². The molecule has 0 aliphatic heterocycles. The number of aromatic nitrogens is 1. The second kappa shape index (κ2) is 8.24. The summed E-state index contributed by atoms with van der Waals surface area (Å²) in [5.74, 6) is -0.433. The first-order chi connectivity index (χ1) is 13.5. The van der Waals surface area contributed by atoms with Gasteiger partial charge in [-0.3, -0.25) is 10.1 Å². The highest BCUT2D eigenvalue weighted by Crippen LogP contribution is 2.29. The topological polar surface area (TPSA) is 106 Å². The molecule has 0 N–H and O–H groups in total. The number of nitro benzene ring substituents is 1. The van der Waals surface area contributed by atoms with Crippen LogP contribution in [0.5, 0.6) is 0 Å². The maximum Gasteiger partial charge on any atom is 0.337 e. The zero-order valence-electron chi connectivity index (χ0n) is 14.7. The normalized spacial score (nSPS) is 10.9. The summed E-state index contributed by atoms with van der Waals surface area (Å²) in [6, 6.07) is 14.9. The first-order valence-corrected chi connectivity index (χ1v) is 8.90. The quantitative estimate of drug-likeness (QED) is 0.273. The first-order valence-electron chi connectivity index (χ1n) is 8.02. The van der Waals surface area contributed by atoms with Crippen LogP contribution in [0.25, 0.3) is 22.9 Å². The number of esters is 1. The van der Waals surface area contributed by atoms with Crippen molar-refractivity contribution in [2.75, 3.05) is 7.11 Å². The Hall–Kier alpha value is -3.83. The lowest BCUT2D eigenvalue weighted by molar-refractivity contribution is -0.384. The van der Waals surface area contributed by atoms with Crippen LogP contribution in [0.4, 0.5) is 5.69 Å². The Balaban J connectivity index is 1.89. The summed E-state index contributed by atoms with van der Waals surface area (Å²) in [5.41, 5.74) is 2.65. The van der Waals surface area contributed by atoms with Gasteiger partial charge in [-0.2, -0.15) is 5.26 Å². The van der Waals surface area contributed by atoms with E-state index < -0.39 is 10.9 Å². The first kappa shape index (κ1) is 18.9. The van der Waals surface area contributed by atoms with Crippen LogP contribution in [-0.4, -0.2) is 23.0 Å². The van der Waals surface area contributed by atoms with Gasteiger partial charge in [-0.05, 0) is 23.8 Å². The van der Waals surface area contributed by atoms with E-state index in [0.717, 1.165) is 5.56 Å². The van der Waals surface area contributed by atoms with Gasteiger partial charge < -0.3 is 4.74 Å². The second-order valence-corrected chi connectivity index (χ2v) is 6.49. The summed E-state index contributed by atoms with van der Waals surface area (Å²) in [4.78, 5) is 26.4. The number of nitrogens with zero attached hydrogens (tertiary/aromatic N) is 3. The lowest BCUT2D eigenvalue weighted by Gasteiger charge is -2.00. The maximum atomic E-state index is 11.5. The van der Waals surface area contributed by atoms with E-state index in [1.807, 2.05) is 0 Å². The average Bonchev–Trinajstić information content (AvgIpc) is 3.22. The summed E-state index contributed by atoms with van der Waals surface area (Å²) in [6.07, 6.45) is 1.66. The Morgan fingerprint density at radius 3 is 2.68 bits per heavy atom. The molecule has 0 unspecified atom stereocenters. The SMILES string of the molecule is COC(=O)c1ccc(/C=C(\C#N)c2nc(-c3cccc([N+](=O)[O-])c3)cs2)cc1. The fraction of sp³-hybridized carbons (Fsp3) is 0.0500. The molecule has 0 spiro atoms. The van der Waals surface area contributed by atoms with E-state index in [9.17, 15) is 20.2 Å². The fourth-order valence-electron chi connectivity index (χ4n) is 2.45. The predicted molar refractivity (Wildman–Crippen MR) is 105 cm³/mol. The van der Waals surface area contributed by atoms with Crippen molar-refractivity contribution in [1.29, 1.82) is 5.26 Å². The molecule has 1 aromatic heterocycles. The molecule has 138 valence electrons. The lowest BCUT2D eigenvalue weighted by Crippen LogP contribution is -2.00. The number of hydrogen-bond donors (Lipinski definition) is 0. The molecule has 3 rings (SSSR count). The minimum Gasteiger partial charge on any atom is -0.465 e. The van der Waals surface area contributed by atoms with Gasteiger partial charge in [0.25, 0.3) is 5.69 Å². The smallest absolute Gasteiger partial charge is 0.337 e. The molecule has 0 bridgehead atoms. The number of benzene rings is 2. The van der Waals surface area contributed by atoms with Crippen molar-refractivity contribution in [1.82, 2.24) is 4.98 Å². The van der Waals surface area contributed by atoms with Crippen molar-refractivity contribution >= 4 is 34.6 Å². The van der Waals surface area contributed by atoms with Crippen LogP contribution in [0.1, 0.15) is 20.9 Å². The predicted octanol–water partition coefficient (Wildman–Crippen LogP) is 4.57. The van der Waals surface area contributed by atoms with Crippen molar-refractivity contribution < 1.29 is 14.5 Å². The number of nitro groups is 1.